The summed E-state index contributed by atoms with van der Waals surface area (Å²) in [5.41, 5.74) is 0.312. The van der Waals surface area contributed by atoms with E-state index in [9.17, 15) is 23.9 Å². The lowest BCUT2D eigenvalue weighted by Crippen LogP contribution is -2.45. The highest BCUT2D eigenvalue weighted by molar-refractivity contribution is 5.88. The molecule has 0 bridgehead atoms. The minimum Gasteiger partial charge on any atom is -0.458 e. The van der Waals surface area contributed by atoms with Gasteiger partial charge < -0.3 is 19.0 Å². The molecule has 160 valence electrons. The van der Waals surface area contributed by atoms with E-state index in [4.69, 9.17) is 4.74 Å². The molecule has 8 heteroatoms. The number of fused-ring (bicyclic) bond motifs is 5. The molecule has 3 aromatic rings. The Morgan fingerprint density at radius 1 is 1.23 bits per heavy atom. The van der Waals surface area contributed by atoms with Crippen molar-refractivity contribution in [3.05, 3.63) is 67.0 Å². The number of carbonyl (C=O) groups is 1. The van der Waals surface area contributed by atoms with Crippen molar-refractivity contribution in [2.24, 2.45) is 7.05 Å². The van der Waals surface area contributed by atoms with Crippen LogP contribution in [0.15, 0.2) is 27.8 Å². The van der Waals surface area contributed by atoms with E-state index in [1.807, 2.05) is 11.6 Å². The van der Waals surface area contributed by atoms with Gasteiger partial charge in [0, 0.05) is 36.7 Å². The van der Waals surface area contributed by atoms with Gasteiger partial charge >= 0.3 is 5.97 Å². The predicted octanol–water partition coefficient (Wildman–Crippen LogP) is 2.03. The predicted molar refractivity (Wildman–Crippen MR) is 111 cm³/mol. The second kappa shape index (κ2) is 6.37. The Kier molecular flexibility index (Phi) is 4.05. The van der Waals surface area contributed by atoms with Crippen LogP contribution < -0.4 is 11.0 Å². The average molecular weight is 424 g/mol. The number of benzene rings is 1. The van der Waals surface area contributed by atoms with Crippen LogP contribution in [0.5, 0.6) is 0 Å². The number of esters is 1. The number of aliphatic hydroxyl groups is 1. The summed E-state index contributed by atoms with van der Waals surface area (Å²) in [4.78, 5) is 39.1. The highest BCUT2D eigenvalue weighted by atomic mass is 19.1. The monoisotopic (exact) mass is 424 g/mol. The van der Waals surface area contributed by atoms with Crippen molar-refractivity contribution in [2.45, 2.75) is 45.4 Å². The number of ether oxygens (including phenoxy) is 1. The molecule has 2 aliphatic heterocycles. The van der Waals surface area contributed by atoms with E-state index in [1.54, 1.807) is 19.9 Å². The summed E-state index contributed by atoms with van der Waals surface area (Å²) in [7, 11) is 1.82. The van der Waals surface area contributed by atoms with Crippen LogP contribution in [-0.2, 0) is 41.8 Å². The van der Waals surface area contributed by atoms with Crippen LogP contribution in [0.25, 0.3) is 22.2 Å². The molecule has 0 fully saturated rings. The van der Waals surface area contributed by atoms with Crippen molar-refractivity contribution in [3.8, 4) is 11.3 Å². The van der Waals surface area contributed by atoms with E-state index in [0.29, 0.717) is 35.3 Å². The van der Waals surface area contributed by atoms with E-state index in [1.165, 1.54) is 16.7 Å². The number of nitrogens with zero attached hydrogens (tertiary/aromatic N) is 2. The van der Waals surface area contributed by atoms with Gasteiger partial charge in [0.1, 0.15) is 12.4 Å². The van der Waals surface area contributed by atoms with Crippen molar-refractivity contribution < 1.29 is 19.0 Å². The first-order chi connectivity index (χ1) is 14.7. The van der Waals surface area contributed by atoms with Gasteiger partial charge in [-0.2, -0.15) is 0 Å². The number of aryl methyl sites for hydroxylation is 2. The molecule has 0 saturated carbocycles. The summed E-state index contributed by atoms with van der Waals surface area (Å²) in [6.45, 7) is 3.50. The first-order valence-electron chi connectivity index (χ1n) is 10.2. The highest BCUT2D eigenvalue weighted by Gasteiger charge is 2.45. The minimum absolute atomic E-state index is 0.0225. The van der Waals surface area contributed by atoms with Gasteiger partial charge in [0.15, 0.2) is 11.0 Å². The fourth-order valence-electron chi connectivity index (χ4n) is 5.03. The summed E-state index contributed by atoms with van der Waals surface area (Å²) in [6, 6.07) is 4.15. The zero-order valence-electron chi connectivity index (χ0n) is 17.4. The quantitative estimate of drug-likeness (QED) is 0.604. The van der Waals surface area contributed by atoms with Crippen molar-refractivity contribution in [1.29, 1.82) is 0 Å². The number of hydrogen-bond donors (Lipinski definition) is 1. The molecular weight excluding hydrogens is 403 g/mol. The third-order valence-corrected chi connectivity index (χ3v) is 6.64. The van der Waals surface area contributed by atoms with Crippen molar-refractivity contribution in [1.82, 2.24) is 9.13 Å². The second-order valence-corrected chi connectivity index (χ2v) is 8.25. The van der Waals surface area contributed by atoms with Crippen LogP contribution in [0.1, 0.15) is 35.7 Å². The largest absolute Gasteiger partial charge is 0.458 e. The molecule has 1 atom stereocenters. The molecule has 7 nitrogen and oxygen atoms in total. The summed E-state index contributed by atoms with van der Waals surface area (Å²) >= 11 is 0. The van der Waals surface area contributed by atoms with E-state index in [-0.39, 0.29) is 35.0 Å². The third-order valence-electron chi connectivity index (χ3n) is 6.64. The third kappa shape index (κ3) is 2.45. The molecule has 2 aromatic heterocycles. The Bertz CT molecular complexity index is 1440. The van der Waals surface area contributed by atoms with E-state index in [0.717, 1.165) is 5.69 Å². The minimum atomic E-state index is -1.95. The first-order valence-corrected chi connectivity index (χ1v) is 10.2. The van der Waals surface area contributed by atoms with Crippen LogP contribution in [0, 0.1) is 12.7 Å². The lowest BCUT2D eigenvalue weighted by atomic mass is 9.84. The maximum atomic E-state index is 14.1. The van der Waals surface area contributed by atoms with Crippen LogP contribution in [0.2, 0.25) is 0 Å². The topological polar surface area (TPSA) is 90.5 Å². The Balaban J connectivity index is 1.92. The van der Waals surface area contributed by atoms with Crippen LogP contribution >= 0.6 is 0 Å². The molecule has 0 saturated heterocycles. The zero-order valence-corrected chi connectivity index (χ0v) is 17.4. The molecule has 31 heavy (non-hydrogen) atoms. The standard InChI is InChI=1S/C23H21FN2O5/c1-4-23(30)15-9-17-18-16(5-6-26(17)21(28)14(15)10-31-22(23)29)25(3)19-11(2)7-12(24)8-13(19)20(18)27/h7-9,30H,4-6,10H2,1-3H3/t23-/m0/s1. The molecule has 1 N–H and O–H groups in total. The molecule has 0 spiro atoms. The molecule has 2 aliphatic rings. The fourth-order valence-corrected chi connectivity index (χ4v) is 5.03. The highest BCUT2D eigenvalue weighted by Crippen LogP contribution is 2.37. The summed E-state index contributed by atoms with van der Waals surface area (Å²) in [5.74, 6) is -1.32. The van der Waals surface area contributed by atoms with Crippen molar-refractivity contribution in [3.63, 3.8) is 0 Å². The second-order valence-electron chi connectivity index (χ2n) is 8.25. The summed E-state index contributed by atoms with van der Waals surface area (Å²) < 4.78 is 22.5. The van der Waals surface area contributed by atoms with Crippen molar-refractivity contribution in [2.75, 3.05) is 0 Å². The normalized spacial score (nSPS) is 19.6. The van der Waals surface area contributed by atoms with Gasteiger partial charge in [0.05, 0.1) is 22.3 Å². The van der Waals surface area contributed by atoms with Gasteiger partial charge in [0.2, 0.25) is 0 Å². The molecular formula is C23H21FN2O5. The van der Waals surface area contributed by atoms with E-state index in [2.05, 4.69) is 0 Å². The number of pyridine rings is 2. The summed E-state index contributed by atoms with van der Waals surface area (Å²) in [5, 5.41) is 11.2. The maximum Gasteiger partial charge on any atom is 0.343 e. The fraction of sp³-hybridized carbons (Fsp3) is 0.348. The Hall–Kier alpha value is -3.26. The molecule has 0 aliphatic carbocycles. The van der Waals surface area contributed by atoms with Gasteiger partial charge in [-0.25, -0.2) is 9.18 Å². The van der Waals surface area contributed by atoms with Crippen molar-refractivity contribution >= 4 is 16.9 Å². The van der Waals surface area contributed by atoms with Crippen LogP contribution in [0.3, 0.4) is 0 Å². The SMILES string of the molecule is CC[C@@]1(O)C(=O)OCc2c1cc1n(c2=O)CCc2c-1c(=O)c1cc(F)cc(C)c1n2C. The molecule has 1 aromatic carbocycles. The number of hydrogen-bond acceptors (Lipinski definition) is 5. The van der Waals surface area contributed by atoms with Crippen LogP contribution in [-0.4, -0.2) is 20.2 Å². The number of cyclic esters (lactones) is 1. The average Bonchev–Trinajstić information content (AvgIpc) is 2.74. The lowest BCUT2D eigenvalue weighted by Gasteiger charge is -2.33. The van der Waals surface area contributed by atoms with Gasteiger partial charge in [-0.1, -0.05) is 6.92 Å². The van der Waals surface area contributed by atoms with Gasteiger partial charge in [-0.15, -0.1) is 0 Å². The number of rotatable bonds is 1. The first kappa shape index (κ1) is 19.7. The Labute approximate surface area is 176 Å². The van der Waals surface area contributed by atoms with E-state index < -0.39 is 22.9 Å². The maximum absolute atomic E-state index is 14.1. The smallest absolute Gasteiger partial charge is 0.343 e. The van der Waals surface area contributed by atoms with E-state index >= 15 is 0 Å². The molecule has 4 heterocycles. The lowest BCUT2D eigenvalue weighted by molar-refractivity contribution is -0.172. The number of aromatic nitrogens is 2. The van der Waals surface area contributed by atoms with Crippen LogP contribution in [0.4, 0.5) is 4.39 Å². The Morgan fingerprint density at radius 2 is 1.97 bits per heavy atom. The molecule has 0 unspecified atom stereocenters. The summed E-state index contributed by atoms with van der Waals surface area (Å²) in [6.07, 6.45) is 0.464. The number of carbonyl (C=O) groups excluding carboxylic acids is 1. The van der Waals surface area contributed by atoms with Gasteiger partial charge in [-0.3, -0.25) is 9.59 Å². The molecule has 5 rings (SSSR count). The zero-order chi connectivity index (χ0) is 22.2. The molecule has 0 amide bonds. The number of halogens is 1. The Morgan fingerprint density at radius 3 is 2.68 bits per heavy atom. The van der Waals surface area contributed by atoms with Gasteiger partial charge in [0.25, 0.3) is 5.56 Å². The molecule has 0 radical (unpaired) electrons. The van der Waals surface area contributed by atoms with Gasteiger partial charge in [-0.05, 0) is 37.1 Å².